The maximum Gasteiger partial charge on any atom is 0.231 e. The minimum atomic E-state index is 0.219. The molecule has 1 saturated carbocycles. The highest BCUT2D eigenvalue weighted by atomic mass is 35.5. The number of hydrogen-bond donors (Lipinski definition) is 0. The van der Waals surface area contributed by atoms with Gasteiger partial charge in [-0.1, -0.05) is 6.07 Å². The smallest absolute Gasteiger partial charge is 0.231 e. The lowest BCUT2D eigenvalue weighted by Crippen LogP contribution is -2.23. The summed E-state index contributed by atoms with van der Waals surface area (Å²) in [6.07, 6.45) is 5.88. The molecule has 1 aliphatic rings. The quantitative estimate of drug-likeness (QED) is 0.809. The second kappa shape index (κ2) is 6.22. The monoisotopic (exact) mass is 293 g/mol. The molecule has 1 aliphatic carbocycles. The number of hydrogen-bond acceptors (Lipinski definition) is 5. The van der Waals surface area contributed by atoms with Gasteiger partial charge in [0.1, 0.15) is 12.0 Å². The molecule has 0 aromatic carbocycles. The fourth-order valence-electron chi connectivity index (χ4n) is 2.50. The van der Waals surface area contributed by atoms with Crippen molar-refractivity contribution < 1.29 is 9.15 Å². The number of pyridine rings is 1. The Morgan fingerprint density at radius 1 is 1.20 bits per heavy atom. The first-order valence-electron chi connectivity index (χ1n) is 6.81. The maximum atomic E-state index is 5.87. The van der Waals surface area contributed by atoms with Crippen LogP contribution in [-0.4, -0.2) is 21.3 Å². The molecule has 2 heterocycles. The van der Waals surface area contributed by atoms with E-state index in [4.69, 9.17) is 20.8 Å². The van der Waals surface area contributed by atoms with Gasteiger partial charge in [0, 0.05) is 18.2 Å². The van der Waals surface area contributed by atoms with Crippen LogP contribution in [0.5, 0.6) is 5.88 Å². The van der Waals surface area contributed by atoms with Gasteiger partial charge in [-0.3, -0.25) is 0 Å². The normalized spacial score (nSPS) is 22.6. The van der Waals surface area contributed by atoms with Crippen LogP contribution in [0.3, 0.4) is 0 Å². The number of halogens is 1. The first-order chi connectivity index (χ1) is 9.85. The summed E-state index contributed by atoms with van der Waals surface area (Å²) in [6, 6.07) is 5.70. The summed E-state index contributed by atoms with van der Waals surface area (Å²) in [5, 5.41) is 7.97. The highest BCUT2D eigenvalue weighted by Crippen LogP contribution is 2.33. The average Bonchev–Trinajstić information content (AvgIpc) is 2.98. The molecule has 0 bridgehead atoms. The molecule has 0 N–H and O–H groups in total. The first-order valence-corrected chi connectivity index (χ1v) is 7.34. The van der Waals surface area contributed by atoms with Gasteiger partial charge in [-0.2, -0.15) is 0 Å². The van der Waals surface area contributed by atoms with Crippen molar-refractivity contribution in [2.24, 2.45) is 0 Å². The number of ether oxygens (including phenoxy) is 1. The Morgan fingerprint density at radius 2 is 2.05 bits per heavy atom. The van der Waals surface area contributed by atoms with Crippen molar-refractivity contribution >= 4 is 11.6 Å². The molecular formula is C14H16ClN3O2. The SMILES string of the molecule is ClCc1nnc(C2CCC(Oc3ccccn3)CC2)o1. The first kappa shape index (κ1) is 13.4. The predicted molar refractivity (Wildman–Crippen MR) is 73.7 cm³/mol. The van der Waals surface area contributed by atoms with Crippen molar-refractivity contribution in [3.8, 4) is 5.88 Å². The molecule has 0 aliphatic heterocycles. The molecule has 0 unspecified atom stereocenters. The van der Waals surface area contributed by atoms with E-state index in [2.05, 4.69) is 15.2 Å². The Morgan fingerprint density at radius 3 is 2.70 bits per heavy atom. The summed E-state index contributed by atoms with van der Waals surface area (Å²) in [6.45, 7) is 0. The van der Waals surface area contributed by atoms with Gasteiger partial charge in [-0.15, -0.1) is 21.8 Å². The molecule has 0 saturated heterocycles. The average molecular weight is 294 g/mol. The summed E-state index contributed by atoms with van der Waals surface area (Å²) in [4.78, 5) is 4.19. The molecule has 0 radical (unpaired) electrons. The second-order valence-electron chi connectivity index (χ2n) is 4.93. The molecule has 0 atom stereocenters. The lowest BCUT2D eigenvalue weighted by molar-refractivity contribution is 0.135. The lowest BCUT2D eigenvalue weighted by Gasteiger charge is -2.26. The standard InChI is InChI=1S/C14H16ClN3O2/c15-9-13-17-18-14(20-13)10-4-6-11(7-5-10)19-12-3-1-2-8-16-12/h1-3,8,10-11H,4-7,9H2. The molecule has 2 aromatic rings. The molecule has 3 rings (SSSR count). The Bertz CT molecular complexity index is 538. The largest absolute Gasteiger partial charge is 0.474 e. The van der Waals surface area contributed by atoms with Crippen molar-refractivity contribution in [3.05, 3.63) is 36.2 Å². The summed E-state index contributed by atoms with van der Waals surface area (Å²) in [5.41, 5.74) is 0. The van der Waals surface area contributed by atoms with E-state index in [0.29, 0.717) is 23.6 Å². The Labute approximate surface area is 122 Å². The summed E-state index contributed by atoms with van der Waals surface area (Å²) >= 11 is 5.67. The molecule has 1 fully saturated rings. The van der Waals surface area contributed by atoms with E-state index in [-0.39, 0.29) is 12.0 Å². The lowest BCUT2D eigenvalue weighted by atomic mass is 9.87. The fraction of sp³-hybridized carbons (Fsp3) is 0.500. The van der Waals surface area contributed by atoms with Crippen LogP contribution < -0.4 is 4.74 Å². The molecule has 106 valence electrons. The third kappa shape index (κ3) is 3.10. The molecule has 5 nitrogen and oxygen atoms in total. The molecule has 0 amide bonds. The van der Waals surface area contributed by atoms with E-state index >= 15 is 0 Å². The van der Waals surface area contributed by atoms with Gasteiger partial charge in [0.05, 0.1) is 0 Å². The van der Waals surface area contributed by atoms with Gasteiger partial charge in [0.25, 0.3) is 0 Å². The maximum absolute atomic E-state index is 5.87. The summed E-state index contributed by atoms with van der Waals surface area (Å²) in [5.74, 6) is 2.48. The minimum absolute atomic E-state index is 0.219. The van der Waals surface area contributed by atoms with Crippen LogP contribution in [0.1, 0.15) is 43.4 Å². The molecule has 6 heteroatoms. The van der Waals surface area contributed by atoms with Gasteiger partial charge in [-0.05, 0) is 31.7 Å². The van der Waals surface area contributed by atoms with Gasteiger partial charge in [0.2, 0.25) is 17.7 Å². The van der Waals surface area contributed by atoms with Crippen molar-refractivity contribution in [2.75, 3.05) is 0 Å². The molecule has 20 heavy (non-hydrogen) atoms. The highest BCUT2D eigenvalue weighted by molar-refractivity contribution is 6.16. The van der Waals surface area contributed by atoms with E-state index in [1.54, 1.807) is 6.20 Å². The molecule has 0 spiro atoms. The minimum Gasteiger partial charge on any atom is -0.474 e. The predicted octanol–water partition coefficient (Wildman–Crippen LogP) is 3.31. The van der Waals surface area contributed by atoms with E-state index in [1.165, 1.54) is 0 Å². The fourth-order valence-corrected chi connectivity index (χ4v) is 2.61. The number of nitrogens with zero attached hydrogens (tertiary/aromatic N) is 3. The zero-order valence-corrected chi connectivity index (χ0v) is 11.8. The van der Waals surface area contributed by atoms with Crippen molar-refractivity contribution in [2.45, 2.75) is 43.6 Å². The Kier molecular flexibility index (Phi) is 4.16. The van der Waals surface area contributed by atoms with Crippen molar-refractivity contribution in [1.82, 2.24) is 15.2 Å². The zero-order chi connectivity index (χ0) is 13.8. The van der Waals surface area contributed by atoms with E-state index < -0.39 is 0 Å². The Balaban J connectivity index is 1.54. The molecular weight excluding hydrogens is 278 g/mol. The van der Waals surface area contributed by atoms with Crippen LogP contribution in [0.2, 0.25) is 0 Å². The Hall–Kier alpha value is -1.62. The third-order valence-corrected chi connectivity index (χ3v) is 3.77. The third-order valence-electron chi connectivity index (χ3n) is 3.55. The topological polar surface area (TPSA) is 61.0 Å². The van der Waals surface area contributed by atoms with E-state index in [9.17, 15) is 0 Å². The zero-order valence-electron chi connectivity index (χ0n) is 11.0. The number of alkyl halides is 1. The van der Waals surface area contributed by atoms with Gasteiger partial charge < -0.3 is 9.15 Å². The number of rotatable bonds is 4. The molecule has 2 aromatic heterocycles. The van der Waals surface area contributed by atoms with Gasteiger partial charge in [-0.25, -0.2) is 4.98 Å². The van der Waals surface area contributed by atoms with Crippen LogP contribution >= 0.6 is 11.6 Å². The van der Waals surface area contributed by atoms with Gasteiger partial charge in [0.15, 0.2) is 0 Å². The van der Waals surface area contributed by atoms with Crippen molar-refractivity contribution in [3.63, 3.8) is 0 Å². The second-order valence-corrected chi connectivity index (χ2v) is 5.19. The van der Waals surface area contributed by atoms with Crippen LogP contribution in [-0.2, 0) is 5.88 Å². The summed E-state index contributed by atoms with van der Waals surface area (Å²) < 4.78 is 11.4. The summed E-state index contributed by atoms with van der Waals surface area (Å²) in [7, 11) is 0. The highest BCUT2D eigenvalue weighted by Gasteiger charge is 2.27. The van der Waals surface area contributed by atoms with E-state index in [1.807, 2.05) is 18.2 Å². The van der Waals surface area contributed by atoms with Crippen LogP contribution in [0.25, 0.3) is 0 Å². The van der Waals surface area contributed by atoms with Crippen LogP contribution in [0.4, 0.5) is 0 Å². The number of aromatic nitrogens is 3. The van der Waals surface area contributed by atoms with Crippen LogP contribution in [0, 0.1) is 0 Å². The van der Waals surface area contributed by atoms with Crippen molar-refractivity contribution in [1.29, 1.82) is 0 Å². The van der Waals surface area contributed by atoms with E-state index in [0.717, 1.165) is 25.7 Å². The van der Waals surface area contributed by atoms with Crippen LogP contribution in [0.15, 0.2) is 28.8 Å². The van der Waals surface area contributed by atoms with Gasteiger partial charge >= 0.3 is 0 Å².